The third-order valence-corrected chi connectivity index (χ3v) is 3.91. The van der Waals surface area contributed by atoms with Crippen LogP contribution in [0.1, 0.15) is 32.8 Å². The number of hydrogen-bond donors (Lipinski definition) is 4. The Hall–Kier alpha value is -2.41. The van der Waals surface area contributed by atoms with E-state index in [4.69, 9.17) is 21.7 Å². The molecule has 1 aliphatic rings. The van der Waals surface area contributed by atoms with Gasteiger partial charge in [0.2, 0.25) is 0 Å². The lowest BCUT2D eigenvalue weighted by molar-refractivity contribution is 0.0267. The molecule has 1 aliphatic heterocycles. The molecule has 1 saturated heterocycles. The molecule has 0 unspecified atom stereocenters. The Morgan fingerprint density at radius 2 is 1.92 bits per heavy atom. The third kappa shape index (κ3) is 4.36. The number of ether oxygens (including phenoxy) is 1. The van der Waals surface area contributed by atoms with Crippen LogP contribution in [-0.2, 0) is 4.74 Å². The van der Waals surface area contributed by atoms with Crippen molar-refractivity contribution >= 4 is 29.2 Å². The molecule has 0 bridgehead atoms. The van der Waals surface area contributed by atoms with Crippen molar-refractivity contribution in [1.82, 2.24) is 4.90 Å². The van der Waals surface area contributed by atoms with Gasteiger partial charge in [0.15, 0.2) is 0 Å². The molecule has 0 atom stereocenters. The number of phenols is 2. The Balaban J connectivity index is 2.35. The Morgan fingerprint density at radius 3 is 2.52 bits per heavy atom. The SMILES string of the molecule is CC(C)(C)OC(=O)N1CCC(=N)/C(=C(\O)c2cc(Cl)c(O)cc2O)C1. The number of aliphatic hydroxyl groups excluding tert-OH is 1. The molecule has 1 amide bonds. The fourth-order valence-electron chi connectivity index (χ4n) is 2.37. The number of benzene rings is 1. The van der Waals surface area contributed by atoms with Crippen LogP contribution in [0, 0.1) is 5.41 Å². The predicted octanol–water partition coefficient (Wildman–Crippen LogP) is 3.68. The van der Waals surface area contributed by atoms with Crippen LogP contribution in [0.15, 0.2) is 17.7 Å². The van der Waals surface area contributed by atoms with Crippen LogP contribution in [0.4, 0.5) is 4.79 Å². The molecule has 1 heterocycles. The van der Waals surface area contributed by atoms with Gasteiger partial charge in [0, 0.05) is 30.3 Å². The van der Waals surface area contributed by atoms with Gasteiger partial charge in [0.1, 0.15) is 22.9 Å². The summed E-state index contributed by atoms with van der Waals surface area (Å²) in [5.74, 6) is -1.07. The second-order valence-corrected chi connectivity index (χ2v) is 7.19. The van der Waals surface area contributed by atoms with Crippen LogP contribution in [0.2, 0.25) is 5.02 Å². The smallest absolute Gasteiger partial charge is 0.410 e. The summed E-state index contributed by atoms with van der Waals surface area (Å²) >= 11 is 5.82. The molecule has 0 radical (unpaired) electrons. The molecular weight excluding hydrogens is 348 g/mol. The minimum atomic E-state index is -0.656. The maximum Gasteiger partial charge on any atom is 0.410 e. The van der Waals surface area contributed by atoms with E-state index in [0.717, 1.165) is 6.07 Å². The fraction of sp³-hybridized carbons (Fsp3) is 0.412. The molecule has 2 rings (SSSR count). The summed E-state index contributed by atoms with van der Waals surface area (Å²) in [5.41, 5.74) is -0.333. The normalized spacial score (nSPS) is 17.4. The zero-order chi connectivity index (χ0) is 18.9. The van der Waals surface area contributed by atoms with Gasteiger partial charge in [-0.1, -0.05) is 11.6 Å². The Bertz CT molecular complexity index is 752. The van der Waals surface area contributed by atoms with Crippen LogP contribution in [0.3, 0.4) is 0 Å². The van der Waals surface area contributed by atoms with Gasteiger partial charge < -0.3 is 30.4 Å². The van der Waals surface area contributed by atoms with Gasteiger partial charge in [0.25, 0.3) is 0 Å². The van der Waals surface area contributed by atoms with Gasteiger partial charge in [0.05, 0.1) is 17.1 Å². The summed E-state index contributed by atoms with van der Waals surface area (Å²) in [6.07, 6.45) is -0.302. The van der Waals surface area contributed by atoms with Crippen LogP contribution in [0.25, 0.3) is 5.76 Å². The number of aromatic hydroxyl groups is 2. The third-order valence-electron chi connectivity index (χ3n) is 3.60. The molecule has 1 fully saturated rings. The van der Waals surface area contributed by atoms with Gasteiger partial charge in [-0.25, -0.2) is 4.79 Å². The second-order valence-electron chi connectivity index (χ2n) is 6.78. The van der Waals surface area contributed by atoms with Crippen molar-refractivity contribution in [2.45, 2.75) is 32.8 Å². The van der Waals surface area contributed by atoms with Crippen LogP contribution >= 0.6 is 11.6 Å². The zero-order valence-corrected chi connectivity index (χ0v) is 15.0. The number of aliphatic hydroxyl groups is 1. The number of carbonyl (C=O) groups is 1. The highest BCUT2D eigenvalue weighted by molar-refractivity contribution is 6.32. The van der Waals surface area contributed by atoms with Crippen LogP contribution < -0.4 is 0 Å². The standard InChI is InChI=1S/C17H21ClN2O5/c1-17(2,3)25-16(24)20-5-4-12(19)10(8-20)15(23)9-6-11(18)14(22)7-13(9)21/h6-7,19,21-23H,4-5,8H2,1-3H3/b15-10-,19-12?. The summed E-state index contributed by atoms with van der Waals surface area (Å²) in [4.78, 5) is 13.6. The average molecular weight is 369 g/mol. The molecular formula is C17H21ClN2O5. The number of carbonyl (C=O) groups excluding carboxylic acids is 1. The van der Waals surface area contributed by atoms with E-state index in [1.165, 1.54) is 11.0 Å². The number of nitrogens with one attached hydrogen (secondary N) is 1. The monoisotopic (exact) mass is 368 g/mol. The van der Waals surface area contributed by atoms with Crippen molar-refractivity contribution in [3.05, 3.63) is 28.3 Å². The highest BCUT2D eigenvalue weighted by Gasteiger charge is 2.29. The minimum Gasteiger partial charge on any atom is -0.507 e. The molecule has 8 heteroatoms. The molecule has 0 aliphatic carbocycles. The number of hydrogen-bond acceptors (Lipinski definition) is 6. The molecule has 1 aromatic carbocycles. The van der Waals surface area contributed by atoms with Crippen molar-refractivity contribution in [2.24, 2.45) is 0 Å². The Kier molecular flexibility index (Phi) is 5.17. The number of rotatable bonds is 1. The van der Waals surface area contributed by atoms with Crippen LogP contribution in [-0.4, -0.2) is 50.7 Å². The number of phenolic OH excluding ortho intramolecular Hbond substituents is 2. The van der Waals surface area contributed by atoms with E-state index in [1.54, 1.807) is 20.8 Å². The molecule has 0 saturated carbocycles. The first-order valence-electron chi connectivity index (χ1n) is 7.69. The van der Waals surface area contributed by atoms with Crippen molar-refractivity contribution < 1.29 is 24.9 Å². The van der Waals surface area contributed by atoms with Gasteiger partial charge >= 0.3 is 6.09 Å². The Labute approximate surface area is 150 Å². The summed E-state index contributed by atoms with van der Waals surface area (Å²) in [6.45, 7) is 5.52. The summed E-state index contributed by atoms with van der Waals surface area (Å²) < 4.78 is 5.31. The van der Waals surface area contributed by atoms with Gasteiger partial charge in [-0.05, 0) is 26.8 Å². The highest BCUT2D eigenvalue weighted by atomic mass is 35.5. The predicted molar refractivity (Wildman–Crippen MR) is 94.5 cm³/mol. The van der Waals surface area contributed by atoms with E-state index in [9.17, 15) is 20.1 Å². The van der Waals surface area contributed by atoms with Crippen molar-refractivity contribution in [3.8, 4) is 11.5 Å². The summed E-state index contributed by atoms with van der Waals surface area (Å²) in [7, 11) is 0. The number of halogens is 1. The maximum atomic E-state index is 12.2. The van der Waals surface area contributed by atoms with E-state index >= 15 is 0 Å². The summed E-state index contributed by atoms with van der Waals surface area (Å²) in [5, 5.41) is 37.9. The molecule has 0 aromatic heterocycles. The lowest BCUT2D eigenvalue weighted by Crippen LogP contribution is -2.43. The Morgan fingerprint density at radius 1 is 1.28 bits per heavy atom. The molecule has 4 N–H and O–H groups in total. The lowest BCUT2D eigenvalue weighted by atomic mass is 9.97. The first-order valence-corrected chi connectivity index (χ1v) is 8.07. The highest BCUT2D eigenvalue weighted by Crippen LogP contribution is 2.35. The molecule has 25 heavy (non-hydrogen) atoms. The first-order chi connectivity index (χ1) is 11.5. The minimum absolute atomic E-state index is 0.0198. The number of amides is 1. The van der Waals surface area contributed by atoms with Gasteiger partial charge in [-0.15, -0.1) is 0 Å². The van der Waals surface area contributed by atoms with E-state index in [1.807, 2.05) is 0 Å². The van der Waals surface area contributed by atoms with E-state index in [-0.39, 0.29) is 52.1 Å². The van der Waals surface area contributed by atoms with Crippen molar-refractivity contribution in [3.63, 3.8) is 0 Å². The fourth-order valence-corrected chi connectivity index (χ4v) is 2.53. The van der Waals surface area contributed by atoms with E-state index < -0.39 is 11.7 Å². The topological polar surface area (TPSA) is 114 Å². The quantitative estimate of drug-likeness (QED) is 0.564. The molecule has 136 valence electrons. The molecule has 0 spiro atoms. The average Bonchev–Trinajstić information content (AvgIpc) is 2.49. The van der Waals surface area contributed by atoms with E-state index in [0.29, 0.717) is 6.54 Å². The lowest BCUT2D eigenvalue weighted by Gasteiger charge is -2.32. The van der Waals surface area contributed by atoms with Gasteiger partial charge in [-0.3, -0.25) is 0 Å². The van der Waals surface area contributed by atoms with Crippen molar-refractivity contribution in [2.75, 3.05) is 13.1 Å². The number of likely N-dealkylation sites (tertiary alicyclic amines) is 1. The summed E-state index contributed by atoms with van der Waals surface area (Å²) in [6, 6.07) is 2.21. The molecule has 7 nitrogen and oxygen atoms in total. The molecule has 1 aromatic rings. The largest absolute Gasteiger partial charge is 0.507 e. The first kappa shape index (κ1) is 18.9. The number of nitrogens with zero attached hydrogens (tertiary/aromatic N) is 1. The maximum absolute atomic E-state index is 12.2. The second kappa shape index (κ2) is 6.84. The van der Waals surface area contributed by atoms with Crippen LogP contribution in [0.5, 0.6) is 11.5 Å². The van der Waals surface area contributed by atoms with E-state index in [2.05, 4.69) is 0 Å². The zero-order valence-electron chi connectivity index (χ0n) is 14.3. The number of piperidine rings is 1. The van der Waals surface area contributed by atoms with Gasteiger partial charge in [-0.2, -0.15) is 0 Å². The van der Waals surface area contributed by atoms with Crippen molar-refractivity contribution in [1.29, 1.82) is 5.41 Å².